The van der Waals surface area contributed by atoms with Crippen LogP contribution in [0.2, 0.25) is 0 Å². The molecule has 0 aliphatic heterocycles. The van der Waals surface area contributed by atoms with Crippen LogP contribution in [0.4, 0.5) is 5.69 Å². The second-order valence-electron chi connectivity index (χ2n) is 5.51. The first-order chi connectivity index (χ1) is 10.5. The van der Waals surface area contributed by atoms with E-state index in [-0.39, 0.29) is 11.8 Å². The molecule has 1 aromatic heterocycles. The van der Waals surface area contributed by atoms with Crippen LogP contribution in [0.1, 0.15) is 51.5 Å². The Labute approximate surface area is 128 Å². The third-order valence-electron chi connectivity index (χ3n) is 3.96. The van der Waals surface area contributed by atoms with Gasteiger partial charge < -0.3 is 4.74 Å². The monoisotopic (exact) mass is 308 g/mol. The normalized spacial score (nSPS) is 17.0. The lowest BCUT2D eigenvalue weighted by molar-refractivity contribution is -0.385. The number of nitro groups is 1. The van der Waals surface area contributed by atoms with Gasteiger partial charge in [0.15, 0.2) is 0 Å². The first-order valence-electron chi connectivity index (χ1n) is 7.60. The summed E-state index contributed by atoms with van der Waals surface area (Å²) in [5, 5.41) is 10.8. The molecule has 0 bridgehead atoms. The van der Waals surface area contributed by atoms with Crippen molar-refractivity contribution in [2.24, 2.45) is 0 Å². The summed E-state index contributed by atoms with van der Waals surface area (Å²) >= 11 is 0. The predicted molar refractivity (Wildman–Crippen MR) is 79.6 cm³/mol. The summed E-state index contributed by atoms with van der Waals surface area (Å²) in [6.07, 6.45) is 6.24. The molecule has 120 valence electrons. The highest BCUT2D eigenvalue weighted by molar-refractivity contribution is 5.74. The molecule has 7 nitrogen and oxygen atoms in total. The molecule has 0 radical (unpaired) electrons. The summed E-state index contributed by atoms with van der Waals surface area (Å²) in [5.74, 6) is -0.489. The molecule has 1 aromatic rings. The molecule has 0 N–H and O–H groups in total. The molecule has 0 aromatic carbocycles. The van der Waals surface area contributed by atoms with Crippen LogP contribution in [0.25, 0.3) is 0 Å². The highest BCUT2D eigenvalue weighted by Crippen LogP contribution is 2.23. The number of ether oxygens (including phenoxy) is 1. The maximum atomic E-state index is 12.3. The van der Waals surface area contributed by atoms with Crippen molar-refractivity contribution in [2.75, 3.05) is 0 Å². The van der Waals surface area contributed by atoms with Gasteiger partial charge in [-0.15, -0.1) is 0 Å². The Hall–Kier alpha value is -2.18. The lowest BCUT2D eigenvalue weighted by Crippen LogP contribution is -2.32. The van der Waals surface area contributed by atoms with Gasteiger partial charge in [-0.2, -0.15) is 0 Å². The molecule has 0 saturated heterocycles. The largest absolute Gasteiger partial charge is 0.461 e. The van der Waals surface area contributed by atoms with E-state index in [9.17, 15) is 19.7 Å². The molecule has 1 aliphatic carbocycles. The van der Waals surface area contributed by atoms with Crippen molar-refractivity contribution in [2.45, 2.75) is 57.6 Å². The van der Waals surface area contributed by atoms with Gasteiger partial charge in [-0.1, -0.05) is 13.3 Å². The maximum Gasteiger partial charge on any atom is 0.329 e. The van der Waals surface area contributed by atoms with Crippen molar-refractivity contribution in [3.8, 4) is 0 Å². The van der Waals surface area contributed by atoms with Crippen LogP contribution >= 0.6 is 0 Å². The van der Waals surface area contributed by atoms with E-state index in [1.807, 2.05) is 0 Å². The van der Waals surface area contributed by atoms with Crippen LogP contribution in [-0.4, -0.2) is 21.6 Å². The SMILES string of the molecule is CCC(C(=O)OC1CCCCC1)n1cc([N+](=O)[O-])ccc1=O. The van der Waals surface area contributed by atoms with Gasteiger partial charge in [0.25, 0.3) is 11.2 Å². The molecule has 2 rings (SSSR count). The molecule has 22 heavy (non-hydrogen) atoms. The topological polar surface area (TPSA) is 91.4 Å². The van der Waals surface area contributed by atoms with Gasteiger partial charge in [0.2, 0.25) is 0 Å². The number of nitrogens with zero attached hydrogens (tertiary/aromatic N) is 2. The zero-order chi connectivity index (χ0) is 16.1. The second-order valence-corrected chi connectivity index (χ2v) is 5.51. The van der Waals surface area contributed by atoms with Gasteiger partial charge in [0.1, 0.15) is 12.1 Å². The van der Waals surface area contributed by atoms with Gasteiger partial charge in [-0.05, 0) is 32.1 Å². The fraction of sp³-hybridized carbons (Fsp3) is 0.600. The van der Waals surface area contributed by atoms with Gasteiger partial charge in [0, 0.05) is 12.1 Å². The van der Waals surface area contributed by atoms with Crippen LogP contribution in [-0.2, 0) is 9.53 Å². The Morgan fingerprint density at radius 1 is 1.41 bits per heavy atom. The molecular weight excluding hydrogens is 288 g/mol. The van der Waals surface area contributed by atoms with E-state index in [1.54, 1.807) is 6.92 Å². The van der Waals surface area contributed by atoms with Crippen molar-refractivity contribution >= 4 is 11.7 Å². The molecule has 0 spiro atoms. The standard InChI is InChI=1S/C15H20N2O5/c1-2-13(15(19)22-12-6-4-3-5-7-12)16-10-11(17(20)21)8-9-14(16)18/h8-10,12-13H,2-7H2,1H3. The first kappa shape index (κ1) is 16.2. The first-order valence-corrected chi connectivity index (χ1v) is 7.60. The van der Waals surface area contributed by atoms with Gasteiger partial charge >= 0.3 is 5.97 Å². The molecule has 1 fully saturated rings. The molecule has 0 amide bonds. The smallest absolute Gasteiger partial charge is 0.329 e. The molecule has 7 heteroatoms. The number of pyridine rings is 1. The number of esters is 1. The summed E-state index contributed by atoms with van der Waals surface area (Å²) in [5.41, 5.74) is -0.665. The van der Waals surface area contributed by atoms with Crippen molar-refractivity contribution in [3.05, 3.63) is 38.8 Å². The van der Waals surface area contributed by atoms with E-state index in [4.69, 9.17) is 4.74 Å². The maximum absolute atomic E-state index is 12.3. The van der Waals surface area contributed by atoms with E-state index < -0.39 is 22.5 Å². The third kappa shape index (κ3) is 3.72. The number of carbonyl (C=O) groups excluding carboxylic acids is 1. The summed E-state index contributed by atoms with van der Waals surface area (Å²) in [7, 11) is 0. The average Bonchev–Trinajstić information content (AvgIpc) is 2.50. The van der Waals surface area contributed by atoms with Gasteiger partial charge in [-0.3, -0.25) is 19.5 Å². The third-order valence-corrected chi connectivity index (χ3v) is 3.96. The van der Waals surface area contributed by atoms with Crippen molar-refractivity contribution < 1.29 is 14.5 Å². The van der Waals surface area contributed by atoms with E-state index in [0.717, 1.165) is 55.0 Å². The average molecular weight is 308 g/mol. The lowest BCUT2D eigenvalue weighted by Gasteiger charge is -2.25. The highest BCUT2D eigenvalue weighted by Gasteiger charge is 2.26. The number of rotatable bonds is 5. The fourth-order valence-corrected chi connectivity index (χ4v) is 2.75. The lowest BCUT2D eigenvalue weighted by atomic mass is 9.98. The second kappa shape index (κ2) is 7.20. The number of hydrogen-bond donors (Lipinski definition) is 0. The van der Waals surface area contributed by atoms with Crippen molar-refractivity contribution in [1.82, 2.24) is 4.57 Å². The highest BCUT2D eigenvalue weighted by atomic mass is 16.6. The van der Waals surface area contributed by atoms with Crippen LogP contribution in [0.5, 0.6) is 0 Å². The Morgan fingerprint density at radius 3 is 2.68 bits per heavy atom. The Morgan fingerprint density at radius 2 is 2.09 bits per heavy atom. The molecular formula is C15H20N2O5. The van der Waals surface area contributed by atoms with E-state index in [2.05, 4.69) is 0 Å². The summed E-state index contributed by atoms with van der Waals surface area (Å²) < 4.78 is 6.59. The van der Waals surface area contributed by atoms with Crippen LogP contribution in [0.3, 0.4) is 0 Å². The zero-order valence-corrected chi connectivity index (χ0v) is 12.6. The Kier molecular flexibility index (Phi) is 5.30. The Bertz CT molecular complexity index is 604. The van der Waals surface area contributed by atoms with Gasteiger partial charge in [-0.25, -0.2) is 4.79 Å². The molecule has 1 saturated carbocycles. The predicted octanol–water partition coefficient (Wildman–Crippen LogP) is 2.58. The Balaban J connectivity index is 2.19. The summed E-state index contributed by atoms with van der Waals surface area (Å²) in [6, 6.07) is 1.42. The molecule has 1 atom stereocenters. The minimum Gasteiger partial charge on any atom is -0.461 e. The zero-order valence-electron chi connectivity index (χ0n) is 12.6. The minimum absolute atomic E-state index is 0.107. The number of hydrogen-bond acceptors (Lipinski definition) is 5. The van der Waals surface area contributed by atoms with Crippen LogP contribution < -0.4 is 5.56 Å². The van der Waals surface area contributed by atoms with E-state index in [0.29, 0.717) is 6.42 Å². The van der Waals surface area contributed by atoms with E-state index in [1.165, 1.54) is 0 Å². The summed E-state index contributed by atoms with van der Waals surface area (Å²) in [4.78, 5) is 34.5. The molecule has 1 heterocycles. The van der Waals surface area contributed by atoms with Crippen LogP contribution in [0, 0.1) is 10.1 Å². The number of aromatic nitrogens is 1. The number of carbonyl (C=O) groups is 1. The quantitative estimate of drug-likeness (QED) is 0.473. The van der Waals surface area contributed by atoms with Crippen molar-refractivity contribution in [3.63, 3.8) is 0 Å². The fourth-order valence-electron chi connectivity index (χ4n) is 2.75. The molecule has 1 unspecified atom stereocenters. The van der Waals surface area contributed by atoms with Crippen molar-refractivity contribution in [1.29, 1.82) is 0 Å². The minimum atomic E-state index is -0.825. The van der Waals surface area contributed by atoms with E-state index >= 15 is 0 Å². The molecule has 1 aliphatic rings. The van der Waals surface area contributed by atoms with Gasteiger partial charge in [0.05, 0.1) is 11.1 Å². The summed E-state index contributed by atoms with van der Waals surface area (Å²) in [6.45, 7) is 1.75. The van der Waals surface area contributed by atoms with Crippen LogP contribution in [0.15, 0.2) is 23.1 Å².